The number of aryl methyl sites for hydroxylation is 2. The Morgan fingerprint density at radius 2 is 1.73 bits per heavy atom. The molecule has 0 aliphatic carbocycles. The normalized spacial score (nSPS) is 15.7. The molecule has 9 nitrogen and oxygen atoms in total. The second-order valence-corrected chi connectivity index (χ2v) is 11.1. The number of anilines is 1. The lowest BCUT2D eigenvalue weighted by Crippen LogP contribution is -2.31. The van der Waals surface area contributed by atoms with E-state index in [0.29, 0.717) is 35.0 Å². The number of carbonyl (C=O) groups excluding carboxylic acids is 1. The smallest absolute Gasteiger partial charge is 0.296 e. The molecular formula is C26H24ClN3O6S. The van der Waals surface area contributed by atoms with Crippen molar-refractivity contribution in [1.82, 2.24) is 9.46 Å². The molecule has 5 rings (SSSR count). The predicted octanol–water partition coefficient (Wildman–Crippen LogP) is 4.83. The van der Waals surface area contributed by atoms with Gasteiger partial charge in [0.1, 0.15) is 11.3 Å². The lowest BCUT2D eigenvalue weighted by atomic mass is 9.98. The van der Waals surface area contributed by atoms with Crippen LogP contribution in [0.1, 0.15) is 52.9 Å². The fourth-order valence-corrected chi connectivity index (χ4v) is 6.27. The molecule has 192 valence electrons. The summed E-state index contributed by atoms with van der Waals surface area (Å²) in [6, 6.07) is 9.95. The topological polar surface area (TPSA) is 114 Å². The van der Waals surface area contributed by atoms with Crippen LogP contribution < -0.4 is 10.3 Å². The molecule has 0 N–H and O–H groups in total. The summed E-state index contributed by atoms with van der Waals surface area (Å²) in [5.74, 6) is 0.0193. The van der Waals surface area contributed by atoms with Gasteiger partial charge in [-0.25, -0.2) is 8.42 Å². The summed E-state index contributed by atoms with van der Waals surface area (Å²) in [4.78, 5) is 28.8. The first-order chi connectivity index (χ1) is 17.6. The van der Waals surface area contributed by atoms with E-state index in [4.69, 9.17) is 20.5 Å². The number of benzene rings is 2. The zero-order valence-electron chi connectivity index (χ0n) is 20.6. The van der Waals surface area contributed by atoms with Crippen LogP contribution in [0.2, 0.25) is 5.02 Å². The Balaban J connectivity index is 1.72. The van der Waals surface area contributed by atoms with Crippen LogP contribution in [0.3, 0.4) is 0 Å². The van der Waals surface area contributed by atoms with E-state index >= 15 is 0 Å². The van der Waals surface area contributed by atoms with Gasteiger partial charge < -0.3 is 8.94 Å². The van der Waals surface area contributed by atoms with Crippen molar-refractivity contribution in [1.29, 1.82) is 0 Å². The lowest BCUT2D eigenvalue weighted by Gasteiger charge is -2.23. The van der Waals surface area contributed by atoms with E-state index in [1.165, 1.54) is 27.4 Å². The van der Waals surface area contributed by atoms with Gasteiger partial charge in [0.15, 0.2) is 11.2 Å². The van der Waals surface area contributed by atoms with Crippen LogP contribution in [0.15, 0.2) is 61.1 Å². The van der Waals surface area contributed by atoms with Gasteiger partial charge in [0.25, 0.3) is 5.91 Å². The van der Waals surface area contributed by atoms with Crippen LogP contribution in [-0.4, -0.2) is 36.9 Å². The molecule has 1 aliphatic rings. The first-order valence-electron chi connectivity index (χ1n) is 11.7. The van der Waals surface area contributed by atoms with Crippen molar-refractivity contribution >= 4 is 44.3 Å². The minimum absolute atomic E-state index is 0.107. The van der Waals surface area contributed by atoms with Gasteiger partial charge in [-0.05, 0) is 49.2 Å². The predicted molar refractivity (Wildman–Crippen MR) is 139 cm³/mol. The number of fused-ring (bicyclic) bond motifs is 2. The first kappa shape index (κ1) is 25.2. The molecule has 3 heterocycles. The Bertz CT molecular complexity index is 1700. The highest BCUT2D eigenvalue weighted by molar-refractivity contribution is 7.89. The number of carbonyl (C=O) groups is 1. The molecule has 0 saturated heterocycles. The minimum atomic E-state index is -3.69. The highest BCUT2D eigenvalue weighted by atomic mass is 35.5. The fraction of sp³-hybridized carbons (Fsp3) is 0.269. The molecule has 0 bridgehead atoms. The highest BCUT2D eigenvalue weighted by Crippen LogP contribution is 2.41. The zero-order chi connectivity index (χ0) is 26.6. The van der Waals surface area contributed by atoms with E-state index in [1.54, 1.807) is 52.0 Å². The number of nitrogens with zero attached hydrogens (tertiary/aromatic N) is 3. The number of halogens is 1. The van der Waals surface area contributed by atoms with Crippen LogP contribution in [-0.2, 0) is 10.0 Å². The second-order valence-electron chi connectivity index (χ2n) is 8.80. The Hall–Kier alpha value is -3.47. The number of hydrogen-bond donors (Lipinski definition) is 0. The average Bonchev–Trinajstić information content (AvgIpc) is 3.42. The van der Waals surface area contributed by atoms with E-state index in [1.807, 2.05) is 0 Å². The third kappa shape index (κ3) is 3.96. The van der Waals surface area contributed by atoms with Crippen molar-refractivity contribution in [2.45, 2.75) is 38.6 Å². The zero-order valence-corrected chi connectivity index (χ0v) is 22.2. The molecule has 11 heteroatoms. The molecule has 37 heavy (non-hydrogen) atoms. The molecule has 2 aromatic heterocycles. The van der Waals surface area contributed by atoms with E-state index in [2.05, 4.69) is 5.16 Å². The van der Waals surface area contributed by atoms with Crippen LogP contribution in [0.5, 0.6) is 0 Å². The van der Waals surface area contributed by atoms with Crippen LogP contribution in [0.25, 0.3) is 11.0 Å². The molecule has 1 unspecified atom stereocenters. The number of aromatic nitrogens is 1. The summed E-state index contributed by atoms with van der Waals surface area (Å²) in [6.45, 7) is 7.67. The maximum atomic E-state index is 13.7. The molecule has 1 atom stereocenters. The number of amides is 1. The van der Waals surface area contributed by atoms with Crippen molar-refractivity contribution in [3.63, 3.8) is 0 Å². The monoisotopic (exact) mass is 541 g/mol. The van der Waals surface area contributed by atoms with Crippen LogP contribution in [0, 0.1) is 13.8 Å². The molecule has 4 aromatic rings. The standard InChI is InChI=1S/C26H24ClN3O6S/c1-5-29(6-2)37(33,34)17-9-7-16(8-10-17)23-22-24(31)18-13-19(27)14(3)11-20(18)35-25(22)26(32)30(23)21-12-15(4)36-28-21/h7-13,23H,5-6H2,1-4H3. The maximum absolute atomic E-state index is 13.7. The van der Waals surface area contributed by atoms with Gasteiger partial charge in [0.05, 0.1) is 21.9 Å². The third-order valence-electron chi connectivity index (χ3n) is 6.55. The molecule has 1 amide bonds. The molecule has 0 saturated carbocycles. The summed E-state index contributed by atoms with van der Waals surface area (Å²) in [5, 5.41) is 4.64. The van der Waals surface area contributed by atoms with Crippen molar-refractivity contribution < 1.29 is 22.2 Å². The van der Waals surface area contributed by atoms with Gasteiger partial charge in [-0.1, -0.05) is 42.7 Å². The van der Waals surface area contributed by atoms with Crippen molar-refractivity contribution in [2.24, 2.45) is 0 Å². The van der Waals surface area contributed by atoms with Crippen molar-refractivity contribution in [3.05, 3.63) is 85.9 Å². The molecular weight excluding hydrogens is 518 g/mol. The van der Waals surface area contributed by atoms with Crippen LogP contribution in [0.4, 0.5) is 5.82 Å². The maximum Gasteiger partial charge on any atom is 0.296 e. The van der Waals surface area contributed by atoms with E-state index < -0.39 is 27.4 Å². The average molecular weight is 542 g/mol. The number of sulfonamides is 1. The summed E-state index contributed by atoms with van der Waals surface area (Å²) in [7, 11) is -3.69. The summed E-state index contributed by atoms with van der Waals surface area (Å²) in [6.07, 6.45) is 0. The molecule has 1 aliphatic heterocycles. The van der Waals surface area contributed by atoms with Gasteiger partial charge in [-0.3, -0.25) is 14.5 Å². The Labute approximate surface area is 218 Å². The molecule has 2 aromatic carbocycles. The number of rotatable bonds is 6. The van der Waals surface area contributed by atoms with E-state index in [9.17, 15) is 18.0 Å². The molecule has 0 spiro atoms. The van der Waals surface area contributed by atoms with E-state index in [0.717, 1.165) is 0 Å². The van der Waals surface area contributed by atoms with Crippen molar-refractivity contribution in [3.8, 4) is 0 Å². The van der Waals surface area contributed by atoms with Crippen molar-refractivity contribution in [2.75, 3.05) is 18.0 Å². The third-order valence-corrected chi connectivity index (χ3v) is 9.02. The Kier molecular flexibility index (Phi) is 6.21. The SMILES string of the molecule is CCN(CC)S(=O)(=O)c1ccc(C2c3c(oc4cc(C)c(Cl)cc4c3=O)C(=O)N2c2cc(C)on2)cc1. The van der Waals surface area contributed by atoms with Gasteiger partial charge in [0.2, 0.25) is 15.8 Å². The van der Waals surface area contributed by atoms with Gasteiger partial charge in [-0.2, -0.15) is 4.31 Å². The first-order valence-corrected chi connectivity index (χ1v) is 13.5. The van der Waals surface area contributed by atoms with E-state index in [-0.39, 0.29) is 33.0 Å². The van der Waals surface area contributed by atoms with Gasteiger partial charge >= 0.3 is 0 Å². The molecule has 0 fully saturated rings. The summed E-state index contributed by atoms with van der Waals surface area (Å²) >= 11 is 6.29. The Morgan fingerprint density at radius 3 is 2.32 bits per heavy atom. The number of hydrogen-bond acceptors (Lipinski definition) is 7. The second kappa shape index (κ2) is 9.13. The summed E-state index contributed by atoms with van der Waals surface area (Å²) < 4.78 is 38.5. The van der Waals surface area contributed by atoms with Crippen LogP contribution >= 0.6 is 11.6 Å². The largest absolute Gasteiger partial charge is 0.450 e. The highest BCUT2D eigenvalue weighted by Gasteiger charge is 2.45. The fourth-order valence-electron chi connectivity index (χ4n) is 4.65. The summed E-state index contributed by atoms with van der Waals surface area (Å²) in [5.41, 5.74) is 1.18. The lowest BCUT2D eigenvalue weighted by molar-refractivity contribution is 0.0969. The van der Waals surface area contributed by atoms with Gasteiger partial charge in [-0.15, -0.1) is 0 Å². The van der Waals surface area contributed by atoms with Gasteiger partial charge in [0, 0.05) is 24.2 Å². The molecule has 0 radical (unpaired) electrons. The Morgan fingerprint density at radius 1 is 1.05 bits per heavy atom. The quantitative estimate of drug-likeness (QED) is 0.343. The minimum Gasteiger partial charge on any atom is -0.450 e.